The van der Waals surface area contributed by atoms with Crippen molar-refractivity contribution in [3.05, 3.63) is 48.6 Å². The van der Waals surface area contributed by atoms with Crippen molar-refractivity contribution in [1.29, 1.82) is 0 Å². The molecule has 0 saturated heterocycles. The molecule has 0 heterocycles. The molecule has 12 heavy (non-hydrogen) atoms. The summed E-state index contributed by atoms with van der Waals surface area (Å²) in [6, 6.07) is 0. The molecule has 0 saturated carbocycles. The van der Waals surface area contributed by atoms with Crippen molar-refractivity contribution >= 4 is 9.69 Å². The van der Waals surface area contributed by atoms with Crippen LogP contribution in [0.25, 0.3) is 0 Å². The van der Waals surface area contributed by atoms with Gasteiger partial charge in [0.25, 0.3) is 0 Å². The number of hydrogen-bond acceptors (Lipinski definition) is 0. The van der Waals surface area contributed by atoms with Crippen LogP contribution in [0.3, 0.4) is 0 Å². The number of halogens is 1. The SMILES string of the molecule is C1=CCC=C1.C1=CCC=C1.[Cl][Rh]. The van der Waals surface area contributed by atoms with Crippen LogP contribution in [0.4, 0.5) is 0 Å². The predicted molar refractivity (Wildman–Crippen MR) is 51.6 cm³/mol. The molecule has 0 aromatic heterocycles. The van der Waals surface area contributed by atoms with Gasteiger partial charge in [0.05, 0.1) is 0 Å². The molecule has 0 aromatic carbocycles. The van der Waals surface area contributed by atoms with Crippen molar-refractivity contribution in [2.75, 3.05) is 0 Å². The molecule has 2 aliphatic rings. The molecule has 0 nitrogen and oxygen atoms in total. The second-order valence-electron chi connectivity index (χ2n) is 2.18. The zero-order valence-electron chi connectivity index (χ0n) is 6.74. The third-order valence-corrected chi connectivity index (χ3v) is 1.31. The Labute approximate surface area is 88.4 Å². The third kappa shape index (κ3) is 7.97. The van der Waals surface area contributed by atoms with Crippen LogP contribution in [0.15, 0.2) is 48.6 Å². The zero-order valence-corrected chi connectivity index (χ0v) is 9.14. The van der Waals surface area contributed by atoms with E-state index in [0.29, 0.717) is 0 Å². The second kappa shape index (κ2) is 10.9. The number of hydrogen-bond donors (Lipinski definition) is 0. The molecule has 0 atom stereocenters. The van der Waals surface area contributed by atoms with Crippen LogP contribution in [0.5, 0.6) is 0 Å². The fourth-order valence-corrected chi connectivity index (χ4v) is 0.786. The summed E-state index contributed by atoms with van der Waals surface area (Å²) >= 11 is 2.02. The van der Waals surface area contributed by atoms with Gasteiger partial charge < -0.3 is 0 Å². The molecule has 2 rings (SSSR count). The van der Waals surface area contributed by atoms with Crippen molar-refractivity contribution in [2.45, 2.75) is 12.8 Å². The fraction of sp³-hybridized carbons (Fsp3) is 0.200. The van der Waals surface area contributed by atoms with Gasteiger partial charge in [-0.15, -0.1) is 0 Å². The van der Waals surface area contributed by atoms with Gasteiger partial charge in [0.15, 0.2) is 0 Å². The molecule has 0 N–H and O–H groups in total. The molecule has 0 amide bonds. The predicted octanol–water partition coefficient (Wildman–Crippen LogP) is 3.69. The van der Waals surface area contributed by atoms with Gasteiger partial charge in [-0.3, -0.25) is 0 Å². The Kier molecular flexibility index (Phi) is 10.8. The van der Waals surface area contributed by atoms with E-state index in [1.54, 1.807) is 0 Å². The topological polar surface area (TPSA) is 0 Å². The summed E-state index contributed by atoms with van der Waals surface area (Å²) in [5.41, 5.74) is 0. The Morgan fingerprint density at radius 2 is 0.917 bits per heavy atom. The summed E-state index contributed by atoms with van der Waals surface area (Å²) in [6.45, 7) is 0. The molecule has 0 aliphatic heterocycles. The standard InChI is InChI=1S/2C5H6.ClH.Rh/c2*1-2-4-5-3-1;;/h2*1-4H,5H2;1H;/q;;;+1/p-1. The Hall–Kier alpha value is -0.127. The van der Waals surface area contributed by atoms with Gasteiger partial charge in [-0.2, -0.15) is 0 Å². The van der Waals surface area contributed by atoms with E-state index in [1.807, 2.05) is 17.3 Å². The average molecular weight is 271 g/mol. The van der Waals surface area contributed by atoms with Gasteiger partial charge in [0.1, 0.15) is 0 Å². The summed E-state index contributed by atoms with van der Waals surface area (Å²) in [7, 11) is 4.53. The van der Waals surface area contributed by atoms with E-state index in [4.69, 9.17) is 0 Å². The maximum absolute atomic E-state index is 4.53. The van der Waals surface area contributed by atoms with Crippen LogP contribution < -0.4 is 0 Å². The van der Waals surface area contributed by atoms with Gasteiger partial charge in [-0.25, -0.2) is 0 Å². The van der Waals surface area contributed by atoms with Crippen LogP contribution >= 0.6 is 9.69 Å². The van der Waals surface area contributed by atoms with E-state index in [0.717, 1.165) is 12.8 Å². The molecule has 0 fully saturated rings. The Morgan fingerprint density at radius 3 is 1.00 bits per heavy atom. The fourth-order valence-electron chi connectivity index (χ4n) is 0.786. The van der Waals surface area contributed by atoms with E-state index in [1.165, 1.54) is 0 Å². The van der Waals surface area contributed by atoms with E-state index < -0.39 is 0 Å². The molecular weight excluding hydrogens is 258 g/mol. The summed E-state index contributed by atoms with van der Waals surface area (Å²) in [5.74, 6) is 0. The van der Waals surface area contributed by atoms with Crippen LogP contribution in [0.2, 0.25) is 0 Å². The van der Waals surface area contributed by atoms with Gasteiger partial charge in [-0.05, 0) is 12.8 Å². The van der Waals surface area contributed by atoms with E-state index >= 15 is 0 Å². The Morgan fingerprint density at radius 1 is 0.667 bits per heavy atom. The van der Waals surface area contributed by atoms with Crippen LogP contribution in [-0.2, 0) is 17.3 Å². The van der Waals surface area contributed by atoms with Gasteiger partial charge in [0, 0.05) is 0 Å². The summed E-state index contributed by atoms with van der Waals surface area (Å²) in [6.07, 6.45) is 19.0. The van der Waals surface area contributed by atoms with Gasteiger partial charge in [0.2, 0.25) is 0 Å². The van der Waals surface area contributed by atoms with Gasteiger partial charge >= 0.3 is 27.0 Å². The maximum atomic E-state index is 4.53. The van der Waals surface area contributed by atoms with Crippen molar-refractivity contribution in [3.8, 4) is 0 Å². The monoisotopic (exact) mass is 270 g/mol. The molecule has 0 unspecified atom stereocenters. The summed E-state index contributed by atoms with van der Waals surface area (Å²) in [4.78, 5) is 0. The first-order chi connectivity index (χ1) is 6.00. The van der Waals surface area contributed by atoms with E-state index in [9.17, 15) is 0 Å². The first-order valence-corrected chi connectivity index (χ1v) is 5.87. The molecule has 0 radical (unpaired) electrons. The van der Waals surface area contributed by atoms with Crippen molar-refractivity contribution < 1.29 is 17.3 Å². The summed E-state index contributed by atoms with van der Waals surface area (Å²) < 4.78 is 0. The zero-order chi connectivity index (χ0) is 9.07. The molecule has 68 valence electrons. The van der Waals surface area contributed by atoms with E-state index in [2.05, 4.69) is 58.3 Å². The first-order valence-electron chi connectivity index (χ1n) is 3.76. The molecule has 0 spiro atoms. The average Bonchev–Trinajstić information content (AvgIpc) is 2.87. The number of rotatable bonds is 0. The minimum absolute atomic E-state index is 1.14. The van der Waals surface area contributed by atoms with Crippen LogP contribution in [0, 0.1) is 0 Å². The Bertz CT molecular complexity index is 148. The molecule has 0 bridgehead atoms. The molecule has 2 heteroatoms. The Balaban J connectivity index is 0.000000168. The number of allylic oxidation sites excluding steroid dienone is 8. The second-order valence-corrected chi connectivity index (χ2v) is 2.18. The first kappa shape index (κ1) is 11.9. The van der Waals surface area contributed by atoms with Crippen LogP contribution in [0.1, 0.15) is 12.8 Å². The quantitative estimate of drug-likeness (QED) is 0.589. The normalized spacial score (nSPS) is 15.2. The molecule has 2 aliphatic carbocycles. The third-order valence-electron chi connectivity index (χ3n) is 1.31. The molecular formula is C10H12ClRh. The van der Waals surface area contributed by atoms with E-state index in [-0.39, 0.29) is 0 Å². The minimum atomic E-state index is 1.14. The van der Waals surface area contributed by atoms with Crippen LogP contribution in [-0.4, -0.2) is 0 Å². The molecule has 0 aromatic rings. The summed E-state index contributed by atoms with van der Waals surface area (Å²) in [5, 5.41) is 0. The van der Waals surface area contributed by atoms with Crippen molar-refractivity contribution in [3.63, 3.8) is 0 Å². The van der Waals surface area contributed by atoms with Crippen molar-refractivity contribution in [1.82, 2.24) is 0 Å². The van der Waals surface area contributed by atoms with Crippen molar-refractivity contribution in [2.24, 2.45) is 0 Å². The van der Waals surface area contributed by atoms with Gasteiger partial charge in [-0.1, -0.05) is 48.6 Å².